The van der Waals surface area contributed by atoms with E-state index in [1.165, 1.54) is 23.4 Å². The molecule has 1 N–H and O–H groups in total. The van der Waals surface area contributed by atoms with Crippen LogP contribution in [0.15, 0.2) is 34.8 Å². The summed E-state index contributed by atoms with van der Waals surface area (Å²) in [4.78, 5) is 2.81. The minimum Gasteiger partial charge on any atom is -0.306 e. The molecule has 0 aliphatic rings. The van der Waals surface area contributed by atoms with Gasteiger partial charge >= 0.3 is 0 Å². The maximum absolute atomic E-state index is 3.71. The van der Waals surface area contributed by atoms with Crippen molar-refractivity contribution in [1.82, 2.24) is 5.32 Å². The summed E-state index contributed by atoms with van der Waals surface area (Å²) in [5.41, 5.74) is 1.52. The summed E-state index contributed by atoms with van der Waals surface area (Å²) in [6.07, 6.45) is 0. The van der Waals surface area contributed by atoms with Gasteiger partial charge in [-0.15, -0.1) is 11.3 Å². The van der Waals surface area contributed by atoms with Gasteiger partial charge in [-0.25, -0.2) is 0 Å². The minimum atomic E-state index is 0.210. The third-order valence-corrected chi connectivity index (χ3v) is 6.30. The fourth-order valence-electron chi connectivity index (χ4n) is 2.21. The molecule has 0 saturated carbocycles. The van der Waals surface area contributed by atoms with Crippen LogP contribution in [-0.2, 0) is 5.41 Å². The van der Waals surface area contributed by atoms with Crippen LogP contribution >= 0.6 is 49.9 Å². The van der Waals surface area contributed by atoms with Gasteiger partial charge in [0.05, 0.1) is 6.04 Å². The van der Waals surface area contributed by atoms with Crippen LogP contribution in [0, 0.1) is 3.57 Å². The molecule has 1 heterocycles. The third kappa shape index (κ3) is 4.30. The number of hydrogen-bond donors (Lipinski definition) is 1. The molecule has 0 amide bonds. The molecule has 0 aliphatic heterocycles. The van der Waals surface area contributed by atoms with Crippen molar-refractivity contribution in [2.24, 2.45) is 0 Å². The molecule has 2 aromatic rings. The molecule has 1 nitrogen and oxygen atoms in total. The molecule has 0 fully saturated rings. The van der Waals surface area contributed by atoms with E-state index in [-0.39, 0.29) is 11.5 Å². The molecule has 21 heavy (non-hydrogen) atoms. The Morgan fingerprint density at radius 2 is 1.95 bits per heavy atom. The average molecular weight is 478 g/mol. The van der Waals surface area contributed by atoms with Crippen molar-refractivity contribution in [1.29, 1.82) is 0 Å². The van der Waals surface area contributed by atoms with E-state index < -0.39 is 0 Å². The number of hydrogen-bond acceptors (Lipinski definition) is 2. The SMILES string of the molecule is CCNC(c1ccc(C(C)(C)C)s1)c1cc(I)ccc1Br. The van der Waals surface area contributed by atoms with Crippen molar-refractivity contribution in [2.45, 2.75) is 39.2 Å². The highest BCUT2D eigenvalue weighted by atomic mass is 127. The maximum atomic E-state index is 3.71. The van der Waals surface area contributed by atoms with Gasteiger partial charge in [-0.2, -0.15) is 0 Å². The fraction of sp³-hybridized carbons (Fsp3) is 0.412. The summed E-state index contributed by atoms with van der Waals surface area (Å²) in [7, 11) is 0. The van der Waals surface area contributed by atoms with Gasteiger partial charge < -0.3 is 5.32 Å². The number of rotatable bonds is 4. The lowest BCUT2D eigenvalue weighted by Gasteiger charge is -2.20. The zero-order valence-corrected chi connectivity index (χ0v) is 17.4. The lowest BCUT2D eigenvalue weighted by Crippen LogP contribution is -2.21. The quantitative estimate of drug-likeness (QED) is 0.523. The van der Waals surface area contributed by atoms with Crippen LogP contribution in [0.25, 0.3) is 0 Å². The Balaban J connectivity index is 2.44. The van der Waals surface area contributed by atoms with Crippen LogP contribution in [0.2, 0.25) is 0 Å². The molecule has 4 heteroatoms. The lowest BCUT2D eigenvalue weighted by molar-refractivity contribution is 0.604. The smallest absolute Gasteiger partial charge is 0.0682 e. The second kappa shape index (κ2) is 7.11. The highest BCUT2D eigenvalue weighted by Gasteiger charge is 2.22. The lowest BCUT2D eigenvalue weighted by atomic mass is 9.95. The van der Waals surface area contributed by atoms with E-state index in [1.807, 2.05) is 11.3 Å². The predicted molar refractivity (Wildman–Crippen MR) is 105 cm³/mol. The summed E-state index contributed by atoms with van der Waals surface area (Å²) in [5, 5.41) is 3.63. The Morgan fingerprint density at radius 3 is 2.52 bits per heavy atom. The molecule has 1 atom stereocenters. The predicted octanol–water partition coefficient (Wildman–Crippen LogP) is 6.11. The van der Waals surface area contributed by atoms with Crippen LogP contribution in [0.5, 0.6) is 0 Å². The van der Waals surface area contributed by atoms with Crippen LogP contribution in [0.3, 0.4) is 0 Å². The molecular formula is C17H21BrINS. The van der Waals surface area contributed by atoms with E-state index in [2.05, 4.69) is 102 Å². The summed E-state index contributed by atoms with van der Waals surface area (Å²) in [6, 6.07) is 11.3. The number of benzene rings is 1. The van der Waals surface area contributed by atoms with Crippen LogP contribution in [-0.4, -0.2) is 6.54 Å². The minimum absolute atomic E-state index is 0.210. The van der Waals surface area contributed by atoms with Crippen molar-refractivity contribution < 1.29 is 0 Å². The Morgan fingerprint density at radius 1 is 1.24 bits per heavy atom. The van der Waals surface area contributed by atoms with Crippen molar-refractivity contribution in [3.8, 4) is 0 Å². The monoisotopic (exact) mass is 477 g/mol. The molecule has 0 radical (unpaired) electrons. The van der Waals surface area contributed by atoms with Gasteiger partial charge in [0.25, 0.3) is 0 Å². The Labute approximate surface area is 153 Å². The molecule has 1 aromatic carbocycles. The van der Waals surface area contributed by atoms with Gasteiger partial charge in [0.2, 0.25) is 0 Å². The fourth-order valence-corrected chi connectivity index (χ4v) is 4.37. The van der Waals surface area contributed by atoms with Crippen molar-refractivity contribution in [3.63, 3.8) is 0 Å². The first-order valence-electron chi connectivity index (χ1n) is 7.11. The first-order chi connectivity index (χ1) is 9.82. The molecule has 0 spiro atoms. The molecule has 0 aliphatic carbocycles. The van der Waals surface area contributed by atoms with Crippen molar-refractivity contribution in [2.75, 3.05) is 6.54 Å². The molecule has 1 unspecified atom stereocenters. The molecule has 0 bridgehead atoms. The summed E-state index contributed by atoms with van der Waals surface area (Å²) in [6.45, 7) is 9.92. The Kier molecular flexibility index (Phi) is 5.91. The summed E-state index contributed by atoms with van der Waals surface area (Å²) < 4.78 is 2.43. The van der Waals surface area contributed by atoms with Crippen molar-refractivity contribution >= 4 is 49.9 Å². The van der Waals surface area contributed by atoms with Gasteiger partial charge in [0.15, 0.2) is 0 Å². The van der Waals surface area contributed by atoms with Crippen molar-refractivity contribution in [3.05, 3.63) is 53.7 Å². The first-order valence-corrected chi connectivity index (χ1v) is 9.80. The average Bonchev–Trinajstić information content (AvgIpc) is 2.88. The zero-order valence-electron chi connectivity index (χ0n) is 12.8. The molecule has 2 rings (SSSR count). The third-order valence-electron chi connectivity index (χ3n) is 3.33. The largest absolute Gasteiger partial charge is 0.306 e. The van der Waals surface area contributed by atoms with E-state index in [4.69, 9.17) is 0 Å². The Hall–Kier alpha value is 0.0900. The molecule has 114 valence electrons. The Bertz CT molecular complexity index is 615. The number of halogens is 2. The van der Waals surface area contributed by atoms with Gasteiger partial charge in [-0.05, 0) is 70.4 Å². The van der Waals surface area contributed by atoms with E-state index >= 15 is 0 Å². The van der Waals surface area contributed by atoms with Gasteiger partial charge in [0.1, 0.15) is 0 Å². The maximum Gasteiger partial charge on any atom is 0.0682 e. The topological polar surface area (TPSA) is 12.0 Å². The summed E-state index contributed by atoms with van der Waals surface area (Å²) in [5.74, 6) is 0. The normalized spacial score (nSPS) is 13.4. The van der Waals surface area contributed by atoms with Gasteiger partial charge in [-0.1, -0.05) is 43.6 Å². The van der Waals surface area contributed by atoms with Gasteiger partial charge in [-0.3, -0.25) is 0 Å². The number of nitrogens with one attached hydrogen (secondary N) is 1. The molecule has 1 aromatic heterocycles. The highest BCUT2D eigenvalue weighted by Crippen LogP contribution is 2.37. The summed E-state index contributed by atoms with van der Waals surface area (Å²) >= 11 is 7.99. The first kappa shape index (κ1) is 17.4. The van der Waals surface area contributed by atoms with E-state index in [0.29, 0.717) is 0 Å². The van der Waals surface area contributed by atoms with Crippen LogP contribution in [0.4, 0.5) is 0 Å². The molecule has 0 saturated heterocycles. The second-order valence-electron chi connectivity index (χ2n) is 6.11. The van der Waals surface area contributed by atoms with E-state index in [1.54, 1.807) is 0 Å². The van der Waals surface area contributed by atoms with Crippen LogP contribution < -0.4 is 5.32 Å². The van der Waals surface area contributed by atoms with Crippen LogP contribution in [0.1, 0.15) is 49.1 Å². The highest BCUT2D eigenvalue weighted by molar-refractivity contribution is 14.1. The zero-order chi connectivity index (χ0) is 15.6. The van der Waals surface area contributed by atoms with Gasteiger partial charge in [0, 0.05) is 17.8 Å². The second-order valence-corrected chi connectivity index (χ2v) is 9.32. The van der Waals surface area contributed by atoms with E-state index in [9.17, 15) is 0 Å². The number of thiophene rings is 1. The van der Waals surface area contributed by atoms with E-state index in [0.717, 1.165) is 6.54 Å². The standard InChI is InChI=1S/C17H21BrINS/c1-5-20-16(12-10-11(19)6-7-13(12)18)14-8-9-15(21-14)17(2,3)4/h6-10,16,20H,5H2,1-4H3. The molecular weight excluding hydrogens is 457 g/mol.